The Kier molecular flexibility index (Phi) is 5.95. The summed E-state index contributed by atoms with van der Waals surface area (Å²) in [6.45, 7) is 9.23. The second-order valence-electron chi connectivity index (χ2n) is 8.01. The van der Waals surface area contributed by atoms with Gasteiger partial charge in [-0.15, -0.1) is 0 Å². The van der Waals surface area contributed by atoms with Crippen LogP contribution in [0.3, 0.4) is 0 Å². The Morgan fingerprint density at radius 3 is 2.35 bits per heavy atom. The number of ether oxygens (including phenoxy) is 1. The summed E-state index contributed by atoms with van der Waals surface area (Å²) in [5.74, 6) is 0.987. The highest BCUT2D eigenvalue weighted by Gasteiger charge is 2.12. The van der Waals surface area contributed by atoms with Crippen molar-refractivity contribution < 1.29 is 4.74 Å². The van der Waals surface area contributed by atoms with Gasteiger partial charge in [0.25, 0.3) is 0 Å². The first kappa shape index (κ1) is 18.5. The summed E-state index contributed by atoms with van der Waals surface area (Å²) in [7, 11) is 0. The van der Waals surface area contributed by atoms with E-state index in [1.54, 1.807) is 0 Å². The second kappa shape index (κ2) is 8.37. The van der Waals surface area contributed by atoms with E-state index in [9.17, 15) is 0 Å². The zero-order valence-electron chi connectivity index (χ0n) is 16.1. The highest BCUT2D eigenvalue weighted by atomic mass is 16.5. The third-order valence-corrected chi connectivity index (χ3v) is 4.45. The first-order valence-electron chi connectivity index (χ1n) is 9.41. The van der Waals surface area contributed by atoms with Crippen LogP contribution >= 0.6 is 0 Å². The monoisotopic (exact) mass is 347 g/mol. The van der Waals surface area contributed by atoms with Crippen LogP contribution < -0.4 is 10.1 Å². The zero-order chi connectivity index (χ0) is 18.4. The van der Waals surface area contributed by atoms with Gasteiger partial charge in [-0.25, -0.2) is 0 Å². The zero-order valence-corrected chi connectivity index (χ0v) is 16.1. The van der Waals surface area contributed by atoms with Gasteiger partial charge in [-0.2, -0.15) is 0 Å². The lowest BCUT2D eigenvalue weighted by Gasteiger charge is -2.20. The predicted octanol–water partition coefficient (Wildman–Crippen LogP) is 5.60. The SMILES string of the molecule is CC(C)(C)CNCc1c(OCCc2ccccc2)ccc2ccccc12. The van der Waals surface area contributed by atoms with Crippen molar-refractivity contribution in [1.29, 1.82) is 0 Å². The van der Waals surface area contributed by atoms with Crippen LogP contribution in [-0.2, 0) is 13.0 Å². The number of nitrogens with one attached hydrogen (secondary N) is 1. The molecule has 0 aromatic heterocycles. The standard InChI is InChI=1S/C24H29NO/c1-24(2,3)18-25-17-22-21-12-8-7-11-20(21)13-14-23(22)26-16-15-19-9-5-4-6-10-19/h4-14,25H,15-18H2,1-3H3. The Hall–Kier alpha value is -2.32. The van der Waals surface area contributed by atoms with E-state index in [-0.39, 0.29) is 5.41 Å². The normalized spacial score (nSPS) is 11.7. The van der Waals surface area contributed by atoms with Gasteiger partial charge >= 0.3 is 0 Å². The molecule has 26 heavy (non-hydrogen) atoms. The van der Waals surface area contributed by atoms with Gasteiger partial charge in [0.2, 0.25) is 0 Å². The molecule has 3 rings (SSSR count). The van der Waals surface area contributed by atoms with Crippen molar-refractivity contribution in [1.82, 2.24) is 5.32 Å². The fourth-order valence-electron chi connectivity index (χ4n) is 3.12. The third-order valence-electron chi connectivity index (χ3n) is 4.45. The van der Waals surface area contributed by atoms with Crippen LogP contribution in [0.2, 0.25) is 0 Å². The third kappa shape index (κ3) is 5.09. The van der Waals surface area contributed by atoms with Gasteiger partial charge < -0.3 is 10.1 Å². The van der Waals surface area contributed by atoms with Gasteiger partial charge in [-0.3, -0.25) is 0 Å². The molecule has 1 N–H and O–H groups in total. The second-order valence-corrected chi connectivity index (χ2v) is 8.01. The van der Waals surface area contributed by atoms with Crippen molar-refractivity contribution in [3.05, 3.63) is 77.9 Å². The van der Waals surface area contributed by atoms with Crippen LogP contribution in [0.25, 0.3) is 10.8 Å². The molecule has 0 spiro atoms. The lowest BCUT2D eigenvalue weighted by atomic mass is 9.96. The van der Waals surface area contributed by atoms with Gasteiger partial charge in [-0.05, 0) is 27.8 Å². The van der Waals surface area contributed by atoms with Gasteiger partial charge in [0.05, 0.1) is 6.61 Å². The molecule has 0 saturated heterocycles. The van der Waals surface area contributed by atoms with Crippen LogP contribution in [0, 0.1) is 5.41 Å². The summed E-state index contributed by atoms with van der Waals surface area (Å²) in [4.78, 5) is 0. The fraction of sp³-hybridized carbons (Fsp3) is 0.333. The van der Waals surface area contributed by atoms with Gasteiger partial charge in [0, 0.05) is 25.1 Å². The van der Waals surface area contributed by atoms with E-state index < -0.39 is 0 Å². The van der Waals surface area contributed by atoms with Crippen LogP contribution in [0.1, 0.15) is 31.9 Å². The average Bonchev–Trinajstić information content (AvgIpc) is 2.63. The van der Waals surface area contributed by atoms with Crippen molar-refractivity contribution >= 4 is 10.8 Å². The molecule has 0 heterocycles. The van der Waals surface area contributed by atoms with Gasteiger partial charge in [0.15, 0.2) is 0 Å². The summed E-state index contributed by atoms with van der Waals surface area (Å²) in [5.41, 5.74) is 2.82. The molecule has 0 saturated carbocycles. The van der Waals surface area contributed by atoms with Crippen molar-refractivity contribution in [2.24, 2.45) is 5.41 Å². The van der Waals surface area contributed by atoms with E-state index in [2.05, 4.69) is 86.8 Å². The molecule has 0 bridgehead atoms. The molecule has 2 nitrogen and oxygen atoms in total. The maximum Gasteiger partial charge on any atom is 0.124 e. The lowest BCUT2D eigenvalue weighted by Crippen LogP contribution is -2.26. The molecule has 136 valence electrons. The lowest BCUT2D eigenvalue weighted by molar-refractivity contribution is 0.316. The molecule has 0 atom stereocenters. The number of hydrogen-bond donors (Lipinski definition) is 1. The first-order chi connectivity index (χ1) is 12.5. The topological polar surface area (TPSA) is 21.3 Å². The van der Waals surface area contributed by atoms with Crippen LogP contribution in [0.4, 0.5) is 0 Å². The van der Waals surface area contributed by atoms with Gasteiger partial charge in [-0.1, -0.05) is 81.4 Å². The Balaban J connectivity index is 1.76. The van der Waals surface area contributed by atoms with E-state index in [0.29, 0.717) is 6.61 Å². The molecule has 0 radical (unpaired) electrons. The first-order valence-corrected chi connectivity index (χ1v) is 9.41. The maximum atomic E-state index is 6.19. The van der Waals surface area contributed by atoms with Crippen LogP contribution in [-0.4, -0.2) is 13.2 Å². The van der Waals surface area contributed by atoms with Gasteiger partial charge in [0.1, 0.15) is 5.75 Å². The van der Waals surface area contributed by atoms with E-state index >= 15 is 0 Å². The number of hydrogen-bond acceptors (Lipinski definition) is 2. The van der Waals surface area contributed by atoms with Crippen molar-refractivity contribution in [2.75, 3.05) is 13.2 Å². The fourth-order valence-corrected chi connectivity index (χ4v) is 3.12. The highest BCUT2D eigenvalue weighted by Crippen LogP contribution is 2.28. The minimum atomic E-state index is 0.263. The molecule has 0 unspecified atom stereocenters. The Morgan fingerprint density at radius 2 is 1.58 bits per heavy atom. The highest BCUT2D eigenvalue weighted by molar-refractivity contribution is 5.87. The minimum Gasteiger partial charge on any atom is -0.493 e. The van der Waals surface area contributed by atoms with Crippen molar-refractivity contribution in [2.45, 2.75) is 33.7 Å². The Labute approximate surface area is 157 Å². The quantitative estimate of drug-likeness (QED) is 0.601. The van der Waals surface area contributed by atoms with E-state index in [0.717, 1.165) is 25.3 Å². The summed E-state index contributed by atoms with van der Waals surface area (Å²) in [6.07, 6.45) is 0.919. The molecule has 2 heteroatoms. The summed E-state index contributed by atoms with van der Waals surface area (Å²) < 4.78 is 6.19. The predicted molar refractivity (Wildman–Crippen MR) is 111 cm³/mol. The summed E-state index contributed by atoms with van der Waals surface area (Å²) in [6, 6.07) is 23.3. The molecule has 0 fully saturated rings. The van der Waals surface area contributed by atoms with Crippen LogP contribution in [0.5, 0.6) is 5.75 Å². The smallest absolute Gasteiger partial charge is 0.124 e. The number of rotatable bonds is 7. The summed E-state index contributed by atoms with van der Waals surface area (Å²) >= 11 is 0. The molecular formula is C24H29NO. The molecular weight excluding hydrogens is 318 g/mol. The molecule has 0 aliphatic rings. The average molecular weight is 348 g/mol. The largest absolute Gasteiger partial charge is 0.493 e. The van der Waals surface area contributed by atoms with Crippen molar-refractivity contribution in [3.8, 4) is 5.75 Å². The number of fused-ring (bicyclic) bond motifs is 1. The molecule has 0 amide bonds. The molecule has 0 aliphatic heterocycles. The van der Waals surface area contributed by atoms with E-state index in [1.165, 1.54) is 21.9 Å². The van der Waals surface area contributed by atoms with Crippen LogP contribution in [0.15, 0.2) is 66.7 Å². The van der Waals surface area contributed by atoms with Crippen molar-refractivity contribution in [3.63, 3.8) is 0 Å². The summed E-state index contributed by atoms with van der Waals surface area (Å²) in [5, 5.41) is 6.13. The minimum absolute atomic E-state index is 0.263. The number of benzene rings is 3. The maximum absolute atomic E-state index is 6.19. The Morgan fingerprint density at radius 1 is 0.846 bits per heavy atom. The molecule has 3 aromatic rings. The van der Waals surface area contributed by atoms with E-state index in [4.69, 9.17) is 4.74 Å². The van der Waals surface area contributed by atoms with E-state index in [1.807, 2.05) is 6.07 Å². The molecule has 3 aromatic carbocycles. The Bertz CT molecular complexity index is 834. The molecule has 0 aliphatic carbocycles.